The molecule has 0 saturated carbocycles. The van der Waals surface area contributed by atoms with Gasteiger partial charge in [-0.2, -0.15) is 0 Å². The van der Waals surface area contributed by atoms with Crippen molar-refractivity contribution in [2.24, 2.45) is 0 Å². The fraction of sp³-hybridized carbons (Fsp3) is 0.429. The first kappa shape index (κ1) is 18.4. The first-order valence-electron chi connectivity index (χ1n) is 6.70. The molecule has 1 rings (SSSR count). The van der Waals surface area contributed by atoms with Crippen molar-refractivity contribution in [2.45, 2.75) is 6.42 Å². The van der Waals surface area contributed by atoms with Crippen LogP contribution < -0.4 is 5.32 Å². The van der Waals surface area contributed by atoms with Crippen LogP contribution in [0.1, 0.15) is 16.8 Å². The summed E-state index contributed by atoms with van der Waals surface area (Å²) in [5, 5.41) is 2.46. The standard InChI is InChI=1S/C14H20NO6P/c1-19-22(18,20-2)10-6-9-21-13(16)11-15-14(17)12-7-4-3-5-8-12/h3-5,7-8H,6,9-11H2,1-2H3,(H,15,17). The molecule has 1 aromatic carbocycles. The van der Waals surface area contributed by atoms with Crippen LogP contribution in [0, 0.1) is 0 Å². The van der Waals surface area contributed by atoms with Gasteiger partial charge in [-0.1, -0.05) is 18.2 Å². The summed E-state index contributed by atoms with van der Waals surface area (Å²) < 4.78 is 26.2. The molecular formula is C14H20NO6P. The Bertz CT molecular complexity index is 525. The summed E-state index contributed by atoms with van der Waals surface area (Å²) in [5.74, 6) is -0.908. The lowest BCUT2D eigenvalue weighted by atomic mass is 10.2. The van der Waals surface area contributed by atoms with Gasteiger partial charge in [0, 0.05) is 19.8 Å². The maximum atomic E-state index is 11.7. The summed E-state index contributed by atoms with van der Waals surface area (Å²) in [6, 6.07) is 8.55. The highest BCUT2D eigenvalue weighted by molar-refractivity contribution is 7.53. The fourth-order valence-electron chi connectivity index (χ4n) is 1.60. The van der Waals surface area contributed by atoms with Gasteiger partial charge in [-0.05, 0) is 18.6 Å². The average Bonchev–Trinajstić information content (AvgIpc) is 2.57. The minimum Gasteiger partial charge on any atom is -0.464 e. The molecule has 7 nitrogen and oxygen atoms in total. The van der Waals surface area contributed by atoms with E-state index in [2.05, 4.69) is 5.32 Å². The molecule has 0 spiro atoms. The van der Waals surface area contributed by atoms with E-state index in [1.165, 1.54) is 14.2 Å². The van der Waals surface area contributed by atoms with Crippen LogP contribution in [-0.4, -0.2) is 45.4 Å². The lowest BCUT2D eigenvalue weighted by Gasteiger charge is -2.13. The molecule has 0 radical (unpaired) electrons. The number of esters is 1. The number of benzene rings is 1. The van der Waals surface area contributed by atoms with E-state index in [0.29, 0.717) is 12.0 Å². The molecule has 0 heterocycles. The fourth-order valence-corrected chi connectivity index (χ4v) is 2.63. The second kappa shape index (κ2) is 9.35. The molecule has 0 aliphatic rings. The third-order valence-corrected chi connectivity index (χ3v) is 4.80. The van der Waals surface area contributed by atoms with Gasteiger partial charge in [0.15, 0.2) is 0 Å². The highest BCUT2D eigenvalue weighted by Gasteiger charge is 2.20. The van der Waals surface area contributed by atoms with Crippen LogP contribution in [0.25, 0.3) is 0 Å². The van der Waals surface area contributed by atoms with E-state index in [4.69, 9.17) is 13.8 Å². The van der Waals surface area contributed by atoms with Crippen molar-refractivity contribution in [3.05, 3.63) is 35.9 Å². The number of rotatable bonds is 9. The molecule has 8 heteroatoms. The molecule has 122 valence electrons. The predicted octanol–water partition coefficient (Wildman–Crippen LogP) is 1.84. The van der Waals surface area contributed by atoms with E-state index in [1.54, 1.807) is 30.3 Å². The number of hydrogen-bond acceptors (Lipinski definition) is 6. The maximum Gasteiger partial charge on any atom is 0.330 e. The largest absolute Gasteiger partial charge is 0.464 e. The number of carbonyl (C=O) groups is 2. The summed E-state index contributed by atoms with van der Waals surface area (Å²) in [7, 11) is -0.471. The predicted molar refractivity (Wildman–Crippen MR) is 80.8 cm³/mol. The van der Waals surface area contributed by atoms with E-state index in [9.17, 15) is 14.2 Å². The van der Waals surface area contributed by atoms with E-state index in [-0.39, 0.29) is 25.2 Å². The minimum absolute atomic E-state index is 0.0801. The first-order chi connectivity index (χ1) is 10.5. The smallest absolute Gasteiger partial charge is 0.330 e. The van der Waals surface area contributed by atoms with Gasteiger partial charge in [-0.25, -0.2) is 0 Å². The van der Waals surface area contributed by atoms with E-state index >= 15 is 0 Å². The van der Waals surface area contributed by atoms with E-state index < -0.39 is 13.6 Å². The van der Waals surface area contributed by atoms with Crippen LogP contribution in [0.5, 0.6) is 0 Å². The number of ether oxygens (including phenoxy) is 1. The normalized spacial score (nSPS) is 11.0. The van der Waals surface area contributed by atoms with Crippen molar-refractivity contribution >= 4 is 19.5 Å². The zero-order valence-electron chi connectivity index (χ0n) is 12.6. The van der Waals surface area contributed by atoms with Gasteiger partial charge in [0.05, 0.1) is 12.8 Å². The number of hydrogen-bond donors (Lipinski definition) is 1. The highest BCUT2D eigenvalue weighted by atomic mass is 31.2. The molecule has 1 amide bonds. The van der Waals surface area contributed by atoms with Crippen LogP contribution in [0.4, 0.5) is 0 Å². The van der Waals surface area contributed by atoms with Crippen LogP contribution in [-0.2, 0) is 23.1 Å². The maximum absolute atomic E-state index is 11.7. The van der Waals surface area contributed by atoms with Gasteiger partial charge in [-0.15, -0.1) is 0 Å². The molecule has 1 N–H and O–H groups in total. The van der Waals surface area contributed by atoms with Gasteiger partial charge in [0.2, 0.25) is 0 Å². The van der Waals surface area contributed by atoms with E-state index in [0.717, 1.165) is 0 Å². The Labute approximate surface area is 129 Å². The Morgan fingerprint density at radius 2 is 1.77 bits per heavy atom. The number of amides is 1. The molecule has 22 heavy (non-hydrogen) atoms. The molecule has 0 bridgehead atoms. The average molecular weight is 329 g/mol. The molecule has 0 aliphatic heterocycles. The van der Waals surface area contributed by atoms with E-state index in [1.807, 2.05) is 0 Å². The van der Waals surface area contributed by atoms with Gasteiger partial charge in [0.25, 0.3) is 5.91 Å². The Morgan fingerprint density at radius 1 is 1.14 bits per heavy atom. The first-order valence-corrected chi connectivity index (χ1v) is 8.43. The zero-order valence-corrected chi connectivity index (χ0v) is 13.5. The van der Waals surface area contributed by atoms with Crippen molar-refractivity contribution in [3.8, 4) is 0 Å². The van der Waals surface area contributed by atoms with Crippen molar-refractivity contribution in [2.75, 3.05) is 33.5 Å². The van der Waals surface area contributed by atoms with Crippen molar-refractivity contribution in [1.29, 1.82) is 0 Å². The van der Waals surface area contributed by atoms with Gasteiger partial charge >= 0.3 is 13.6 Å². The molecule has 1 aromatic rings. The van der Waals surface area contributed by atoms with Gasteiger partial charge in [-0.3, -0.25) is 14.2 Å². The van der Waals surface area contributed by atoms with Crippen LogP contribution in [0.3, 0.4) is 0 Å². The molecule has 0 saturated heterocycles. The van der Waals surface area contributed by atoms with Crippen molar-refractivity contribution in [3.63, 3.8) is 0 Å². The van der Waals surface area contributed by atoms with Gasteiger partial charge < -0.3 is 19.1 Å². The molecular weight excluding hydrogens is 309 g/mol. The van der Waals surface area contributed by atoms with Gasteiger partial charge in [0.1, 0.15) is 6.54 Å². The number of nitrogens with one attached hydrogen (secondary N) is 1. The quantitative estimate of drug-likeness (QED) is 0.422. The Balaban J connectivity index is 2.22. The zero-order chi connectivity index (χ0) is 16.4. The topological polar surface area (TPSA) is 90.9 Å². The van der Waals surface area contributed by atoms with Crippen LogP contribution in [0.2, 0.25) is 0 Å². The summed E-state index contributed by atoms with van der Waals surface area (Å²) in [4.78, 5) is 23.2. The molecule has 0 atom stereocenters. The summed E-state index contributed by atoms with van der Waals surface area (Å²) in [6.45, 7) is -0.142. The third-order valence-electron chi connectivity index (χ3n) is 2.82. The molecule has 0 unspecified atom stereocenters. The SMILES string of the molecule is COP(=O)(CCCOC(=O)CNC(=O)c1ccccc1)OC. The lowest BCUT2D eigenvalue weighted by Crippen LogP contribution is -2.30. The Hall–Kier alpha value is -1.69. The van der Waals surface area contributed by atoms with Crippen LogP contribution in [0.15, 0.2) is 30.3 Å². The summed E-state index contributed by atoms with van der Waals surface area (Å²) in [5.41, 5.74) is 0.469. The molecule has 0 aromatic heterocycles. The summed E-state index contributed by atoms with van der Waals surface area (Å²) in [6.07, 6.45) is 0.501. The van der Waals surface area contributed by atoms with Crippen molar-refractivity contribution < 1.29 is 27.9 Å². The molecule has 0 fully saturated rings. The summed E-state index contributed by atoms with van der Waals surface area (Å²) >= 11 is 0. The Kier molecular flexibility index (Phi) is 7.80. The minimum atomic E-state index is -3.07. The second-order valence-electron chi connectivity index (χ2n) is 4.32. The number of carbonyl (C=O) groups excluding carboxylic acids is 2. The third kappa shape index (κ3) is 6.39. The van der Waals surface area contributed by atoms with Crippen molar-refractivity contribution in [1.82, 2.24) is 5.32 Å². The van der Waals surface area contributed by atoms with Crippen LogP contribution >= 0.6 is 7.60 Å². The highest BCUT2D eigenvalue weighted by Crippen LogP contribution is 2.46. The monoisotopic (exact) mass is 329 g/mol. The second-order valence-corrected chi connectivity index (χ2v) is 6.72. The Morgan fingerprint density at radius 3 is 2.36 bits per heavy atom. The lowest BCUT2D eigenvalue weighted by molar-refractivity contribution is -0.142. The molecule has 0 aliphatic carbocycles.